The monoisotopic (exact) mass is 161 g/mol. The second-order valence-electron chi connectivity index (χ2n) is 3.25. The average molecular weight is 161 g/mol. The maximum atomic E-state index is 3.97. The fourth-order valence-electron chi connectivity index (χ4n) is 1.62. The Hall–Kier alpha value is -0.780. The van der Waals surface area contributed by atoms with Crippen LogP contribution < -0.4 is 0 Å². The van der Waals surface area contributed by atoms with Gasteiger partial charge in [-0.2, -0.15) is 0 Å². The summed E-state index contributed by atoms with van der Waals surface area (Å²) in [7, 11) is 0. The first-order valence-corrected chi connectivity index (χ1v) is 4.64. The second kappa shape index (κ2) is 4.30. The van der Waals surface area contributed by atoms with Crippen molar-refractivity contribution in [3.8, 4) is 0 Å². The summed E-state index contributed by atoms with van der Waals surface area (Å²) in [5, 5.41) is 0. The van der Waals surface area contributed by atoms with Crippen LogP contribution in [0.5, 0.6) is 0 Å². The van der Waals surface area contributed by atoms with E-state index < -0.39 is 0 Å². The van der Waals surface area contributed by atoms with Crippen molar-refractivity contribution < 1.29 is 0 Å². The summed E-state index contributed by atoms with van der Waals surface area (Å²) >= 11 is 0. The second-order valence-corrected chi connectivity index (χ2v) is 3.25. The van der Waals surface area contributed by atoms with Gasteiger partial charge >= 0.3 is 0 Å². The third-order valence-electron chi connectivity index (χ3n) is 2.47. The molecule has 1 rings (SSSR count). The van der Waals surface area contributed by atoms with Crippen LogP contribution in [0.1, 0.15) is 36.8 Å². The average Bonchev–Trinajstić information content (AvgIpc) is 2.10. The Bertz CT molecular complexity index is 234. The van der Waals surface area contributed by atoms with Crippen LogP contribution >= 0.6 is 0 Å². The molecule has 0 nitrogen and oxygen atoms in total. The van der Waals surface area contributed by atoms with Crippen molar-refractivity contribution in [3.63, 3.8) is 0 Å². The predicted octanol–water partition coefficient (Wildman–Crippen LogP) is 3.71. The van der Waals surface area contributed by atoms with Crippen molar-refractivity contribution in [2.75, 3.05) is 0 Å². The summed E-state index contributed by atoms with van der Waals surface area (Å²) in [4.78, 5) is 0. The van der Waals surface area contributed by atoms with Gasteiger partial charge in [-0.05, 0) is 36.8 Å². The van der Waals surface area contributed by atoms with Gasteiger partial charge in [0.15, 0.2) is 0 Å². The molecule has 1 unspecified atom stereocenters. The fourth-order valence-corrected chi connectivity index (χ4v) is 1.62. The van der Waals surface area contributed by atoms with Crippen LogP contribution in [0.15, 0.2) is 24.3 Å². The van der Waals surface area contributed by atoms with E-state index in [1.807, 2.05) is 0 Å². The molecule has 0 N–H and O–H groups in total. The lowest BCUT2D eigenvalue weighted by Gasteiger charge is -2.14. The molecule has 0 saturated heterocycles. The van der Waals surface area contributed by atoms with Gasteiger partial charge in [0, 0.05) is 0 Å². The van der Waals surface area contributed by atoms with E-state index in [2.05, 4.69) is 45.0 Å². The minimum atomic E-state index is 0.645. The summed E-state index contributed by atoms with van der Waals surface area (Å²) in [6, 6.07) is 8.59. The third kappa shape index (κ3) is 1.88. The van der Waals surface area contributed by atoms with Gasteiger partial charge in [0.05, 0.1) is 0 Å². The fraction of sp³-hybridized carbons (Fsp3) is 0.417. The highest BCUT2D eigenvalue weighted by Gasteiger charge is 2.07. The molecule has 1 aromatic rings. The predicted molar refractivity (Wildman–Crippen MR) is 54.2 cm³/mol. The van der Waals surface area contributed by atoms with Gasteiger partial charge in [0.2, 0.25) is 0 Å². The third-order valence-corrected chi connectivity index (χ3v) is 2.47. The van der Waals surface area contributed by atoms with Crippen LogP contribution in [0.2, 0.25) is 0 Å². The molecule has 12 heavy (non-hydrogen) atoms. The van der Waals surface area contributed by atoms with Crippen molar-refractivity contribution in [3.05, 3.63) is 42.3 Å². The Morgan fingerprint density at radius 3 is 2.50 bits per heavy atom. The van der Waals surface area contributed by atoms with E-state index >= 15 is 0 Å². The van der Waals surface area contributed by atoms with Crippen molar-refractivity contribution in [2.24, 2.45) is 0 Å². The largest absolute Gasteiger partial charge is 0.0648 e. The van der Waals surface area contributed by atoms with E-state index in [1.165, 1.54) is 17.5 Å². The van der Waals surface area contributed by atoms with Crippen molar-refractivity contribution in [1.29, 1.82) is 0 Å². The molecule has 1 radical (unpaired) electrons. The topological polar surface area (TPSA) is 0 Å². The molecule has 1 atom stereocenters. The van der Waals surface area contributed by atoms with E-state index in [9.17, 15) is 0 Å². The molecule has 0 aliphatic rings. The first kappa shape index (κ1) is 9.31. The summed E-state index contributed by atoms with van der Waals surface area (Å²) in [6.07, 6.45) is 2.19. The van der Waals surface area contributed by atoms with Gasteiger partial charge < -0.3 is 0 Å². The van der Waals surface area contributed by atoms with Crippen LogP contribution in [0.3, 0.4) is 0 Å². The molecular formula is C12H17. The highest BCUT2D eigenvalue weighted by atomic mass is 14.1. The van der Waals surface area contributed by atoms with Crippen LogP contribution in [-0.2, 0) is 0 Å². The van der Waals surface area contributed by atoms with Crippen molar-refractivity contribution in [1.82, 2.24) is 0 Å². The molecule has 0 aromatic heterocycles. The van der Waals surface area contributed by atoms with Crippen LogP contribution in [-0.4, -0.2) is 0 Å². The van der Waals surface area contributed by atoms with Gasteiger partial charge in [0.1, 0.15) is 0 Å². The van der Waals surface area contributed by atoms with Crippen LogP contribution in [0.25, 0.3) is 0 Å². The Kier molecular flexibility index (Phi) is 3.33. The summed E-state index contributed by atoms with van der Waals surface area (Å²) in [5.74, 6) is 0.645. The van der Waals surface area contributed by atoms with Crippen LogP contribution in [0.4, 0.5) is 0 Å². The normalized spacial score (nSPS) is 10.7. The highest BCUT2D eigenvalue weighted by molar-refractivity contribution is 5.29. The quantitative estimate of drug-likeness (QED) is 0.634. The lowest BCUT2D eigenvalue weighted by Crippen LogP contribution is -1.97. The minimum absolute atomic E-state index is 0.645. The lowest BCUT2D eigenvalue weighted by molar-refractivity contribution is 0.668. The van der Waals surface area contributed by atoms with E-state index in [4.69, 9.17) is 0 Å². The number of benzene rings is 1. The van der Waals surface area contributed by atoms with E-state index in [0.29, 0.717) is 5.92 Å². The zero-order chi connectivity index (χ0) is 8.97. The zero-order valence-corrected chi connectivity index (χ0v) is 8.01. The van der Waals surface area contributed by atoms with Crippen LogP contribution in [0, 0.1) is 13.8 Å². The lowest BCUT2D eigenvalue weighted by atomic mass is 9.91. The molecule has 0 fully saturated rings. The van der Waals surface area contributed by atoms with Gasteiger partial charge in [-0.15, -0.1) is 0 Å². The van der Waals surface area contributed by atoms with Gasteiger partial charge in [0.25, 0.3) is 0 Å². The molecule has 0 heteroatoms. The number of hydrogen-bond acceptors (Lipinski definition) is 0. The van der Waals surface area contributed by atoms with Gasteiger partial charge in [-0.3, -0.25) is 0 Å². The first-order chi connectivity index (χ1) is 5.79. The number of hydrogen-bond donors (Lipinski definition) is 0. The summed E-state index contributed by atoms with van der Waals surface area (Å²) < 4.78 is 0. The molecule has 0 amide bonds. The first-order valence-electron chi connectivity index (χ1n) is 4.64. The molecule has 0 spiro atoms. The Morgan fingerprint density at radius 2 is 2.00 bits per heavy atom. The summed E-state index contributed by atoms with van der Waals surface area (Å²) in [5.41, 5.74) is 2.86. The van der Waals surface area contributed by atoms with Crippen molar-refractivity contribution in [2.45, 2.75) is 32.6 Å². The van der Waals surface area contributed by atoms with Crippen molar-refractivity contribution >= 4 is 0 Å². The maximum Gasteiger partial charge on any atom is -0.0162 e. The Balaban J connectivity index is 2.92. The molecule has 0 saturated carbocycles. The molecular weight excluding hydrogens is 144 g/mol. The zero-order valence-electron chi connectivity index (χ0n) is 8.01. The molecule has 1 aromatic carbocycles. The van der Waals surface area contributed by atoms with Gasteiger partial charge in [-0.1, -0.05) is 38.1 Å². The molecule has 0 heterocycles. The standard InChI is InChI=1S/C12H17/c1-4-11(5-2)12-9-7-6-8-10(12)3/h6-9,11H,1,4-5H2,2-3H3. The van der Waals surface area contributed by atoms with E-state index in [-0.39, 0.29) is 0 Å². The summed E-state index contributed by atoms with van der Waals surface area (Å²) in [6.45, 7) is 8.37. The van der Waals surface area contributed by atoms with E-state index in [0.717, 1.165) is 6.42 Å². The smallest absolute Gasteiger partial charge is 0.0162 e. The molecule has 0 bridgehead atoms. The maximum absolute atomic E-state index is 3.97. The van der Waals surface area contributed by atoms with E-state index in [1.54, 1.807) is 0 Å². The molecule has 0 aliphatic carbocycles. The number of rotatable bonds is 3. The molecule has 0 aliphatic heterocycles. The molecule has 65 valence electrons. The van der Waals surface area contributed by atoms with Gasteiger partial charge in [-0.25, -0.2) is 0 Å². The highest BCUT2D eigenvalue weighted by Crippen LogP contribution is 2.25. The Labute approximate surface area is 75.6 Å². The Morgan fingerprint density at radius 1 is 1.33 bits per heavy atom. The minimum Gasteiger partial charge on any atom is -0.0648 e. The number of aryl methyl sites for hydroxylation is 1. The SMILES string of the molecule is [CH2]CC(CC)c1ccccc1C.